The Morgan fingerprint density at radius 3 is 0.867 bits per heavy atom. The summed E-state index contributed by atoms with van der Waals surface area (Å²) >= 11 is 0. The average Bonchev–Trinajstić information content (AvgIpc) is 1.61. The lowest BCUT2D eigenvalue weighted by atomic mass is 9.99. The smallest absolute Gasteiger partial charge is 0.343 e. The molecule has 1 aliphatic carbocycles. The SMILES string of the molecule is C=CCCOc1ccc(OC(=O)c2ccc(OCCC=C)cc2)cc1.C=CCOc1ccc(C(=O)Oc2ccc(OC(=O)c3ccc(OCC=C)cc3)c(C)c2)cc1.C=CCOc1ccc(C(=O)Oc2ccc3c(c2)C(C)c2cc(OC(=O)c4ccc(OCC=C)cc4)ccc2-3)cc1. The van der Waals surface area contributed by atoms with E-state index in [1.165, 1.54) is 0 Å². The minimum Gasteiger partial charge on any atom is -0.493 e. The highest BCUT2D eigenvalue weighted by molar-refractivity contribution is 5.94. The molecule has 0 amide bonds. The summed E-state index contributed by atoms with van der Waals surface area (Å²) in [6, 6.07) is 56.6. The van der Waals surface area contributed by atoms with Gasteiger partial charge in [0.2, 0.25) is 0 Å². The van der Waals surface area contributed by atoms with Gasteiger partial charge in [-0.2, -0.15) is 0 Å². The zero-order valence-corrected chi connectivity index (χ0v) is 54.5. The van der Waals surface area contributed by atoms with Gasteiger partial charge in [-0.05, 0) is 236 Å². The molecule has 498 valence electrons. The molecule has 0 aromatic heterocycles. The van der Waals surface area contributed by atoms with Crippen molar-refractivity contribution >= 4 is 29.8 Å². The Labute approximate surface area is 570 Å². The van der Waals surface area contributed by atoms with Crippen molar-refractivity contribution in [1.29, 1.82) is 0 Å². The van der Waals surface area contributed by atoms with Gasteiger partial charge in [0.25, 0.3) is 0 Å². The maximum Gasteiger partial charge on any atom is 0.343 e. The molecule has 0 atom stereocenters. The van der Waals surface area contributed by atoms with Gasteiger partial charge in [-0.3, -0.25) is 0 Å². The molecule has 98 heavy (non-hydrogen) atoms. The van der Waals surface area contributed by atoms with Crippen molar-refractivity contribution in [3.8, 4) is 74.4 Å². The van der Waals surface area contributed by atoms with Gasteiger partial charge in [0.1, 0.15) is 89.7 Å². The van der Waals surface area contributed by atoms with Gasteiger partial charge in [-0.25, -0.2) is 24.0 Å². The van der Waals surface area contributed by atoms with Crippen LogP contribution in [0.15, 0.2) is 276 Å². The molecule has 16 heteroatoms. The summed E-state index contributed by atoms with van der Waals surface area (Å²) in [5, 5.41) is 0. The van der Waals surface area contributed by atoms with Crippen molar-refractivity contribution in [3.63, 3.8) is 0 Å². The van der Waals surface area contributed by atoms with Crippen molar-refractivity contribution in [2.45, 2.75) is 32.6 Å². The predicted molar refractivity (Wildman–Crippen MR) is 377 cm³/mol. The number of esters is 5. The van der Waals surface area contributed by atoms with E-state index in [0.717, 1.165) is 40.8 Å². The summed E-state index contributed by atoms with van der Waals surface area (Å²) < 4.78 is 60.4. The number of fused-ring (bicyclic) bond motifs is 3. The second-order valence-corrected chi connectivity index (χ2v) is 21.4. The fraction of sp³-hybridized carbons (Fsp3) is 0.134. The van der Waals surface area contributed by atoms with E-state index in [-0.39, 0.29) is 5.92 Å². The number of hydrogen-bond acceptors (Lipinski definition) is 16. The third-order valence-corrected chi connectivity index (χ3v) is 14.4. The summed E-state index contributed by atoms with van der Waals surface area (Å²) in [7, 11) is 0. The Hall–Kier alpha value is -12.4. The van der Waals surface area contributed by atoms with Crippen LogP contribution in [0.2, 0.25) is 0 Å². The molecular weight excluding hydrogens is 1240 g/mol. The second kappa shape index (κ2) is 36.9. The zero-order valence-electron chi connectivity index (χ0n) is 54.5. The Kier molecular flexibility index (Phi) is 26.9. The van der Waals surface area contributed by atoms with E-state index in [2.05, 4.69) is 46.4 Å². The first-order valence-corrected chi connectivity index (χ1v) is 31.2. The highest BCUT2D eigenvalue weighted by Crippen LogP contribution is 2.47. The third-order valence-electron chi connectivity index (χ3n) is 14.4. The summed E-state index contributed by atoms with van der Waals surface area (Å²) in [5.41, 5.74) is 6.90. The van der Waals surface area contributed by atoms with Crippen LogP contribution in [0.5, 0.6) is 63.2 Å². The lowest BCUT2D eigenvalue weighted by molar-refractivity contribution is 0.0718. The van der Waals surface area contributed by atoms with Crippen molar-refractivity contribution < 1.29 is 76.1 Å². The van der Waals surface area contributed by atoms with E-state index in [9.17, 15) is 24.0 Å². The van der Waals surface area contributed by atoms with Gasteiger partial charge in [0.15, 0.2) is 0 Å². The fourth-order valence-corrected chi connectivity index (χ4v) is 9.39. The van der Waals surface area contributed by atoms with E-state index in [1.807, 2.05) is 24.3 Å². The third kappa shape index (κ3) is 21.0. The van der Waals surface area contributed by atoms with Crippen LogP contribution in [0.4, 0.5) is 0 Å². The highest BCUT2D eigenvalue weighted by Gasteiger charge is 2.28. The van der Waals surface area contributed by atoms with Crippen molar-refractivity contribution in [2.75, 3.05) is 39.6 Å². The molecule has 10 rings (SSSR count). The molecule has 0 bridgehead atoms. The maximum atomic E-state index is 12.7. The lowest BCUT2D eigenvalue weighted by Gasteiger charge is -2.10. The van der Waals surface area contributed by atoms with Crippen LogP contribution < -0.4 is 52.1 Å². The Morgan fingerprint density at radius 2 is 0.561 bits per heavy atom. The number of carbonyl (C=O) groups excluding carboxylic acids is 5. The quantitative estimate of drug-likeness (QED) is 0.0179. The van der Waals surface area contributed by atoms with Crippen LogP contribution >= 0.6 is 0 Å². The van der Waals surface area contributed by atoms with E-state index in [1.54, 1.807) is 219 Å². The number of rotatable bonds is 30. The molecule has 0 unspecified atom stereocenters. The van der Waals surface area contributed by atoms with Crippen LogP contribution in [0, 0.1) is 6.92 Å². The van der Waals surface area contributed by atoms with Crippen LogP contribution in [-0.4, -0.2) is 69.5 Å². The Bertz CT molecular complexity index is 4110. The van der Waals surface area contributed by atoms with E-state index >= 15 is 0 Å². The molecular formula is C82H74O16. The van der Waals surface area contributed by atoms with Gasteiger partial charge in [0, 0.05) is 5.92 Å². The number of benzene rings is 9. The molecule has 0 saturated carbocycles. The molecule has 0 fully saturated rings. The Morgan fingerprint density at radius 1 is 0.306 bits per heavy atom. The van der Waals surface area contributed by atoms with Gasteiger partial charge in [0.05, 0.1) is 41.0 Å². The first-order chi connectivity index (χ1) is 47.7. The Balaban J connectivity index is 0.000000193. The summed E-state index contributed by atoms with van der Waals surface area (Å²) in [6.45, 7) is 28.2. The van der Waals surface area contributed by atoms with Crippen LogP contribution in [0.1, 0.15) is 94.2 Å². The molecule has 16 nitrogen and oxygen atoms in total. The fourth-order valence-electron chi connectivity index (χ4n) is 9.39. The lowest BCUT2D eigenvalue weighted by Crippen LogP contribution is -2.10. The topological polar surface area (TPSA) is 187 Å². The normalized spacial score (nSPS) is 10.7. The van der Waals surface area contributed by atoms with Gasteiger partial charge in [-0.1, -0.05) is 81.8 Å². The molecule has 0 radical (unpaired) electrons. The van der Waals surface area contributed by atoms with E-state index < -0.39 is 29.8 Å². The molecule has 0 heterocycles. The van der Waals surface area contributed by atoms with Crippen LogP contribution in [0.3, 0.4) is 0 Å². The second-order valence-electron chi connectivity index (χ2n) is 21.4. The number of ether oxygens (including phenoxy) is 11. The zero-order chi connectivity index (χ0) is 69.6. The van der Waals surface area contributed by atoms with Crippen LogP contribution in [-0.2, 0) is 0 Å². The number of hydrogen-bond donors (Lipinski definition) is 0. The van der Waals surface area contributed by atoms with E-state index in [4.69, 9.17) is 52.1 Å². The molecule has 1 aliphatic rings. The number of aryl methyl sites for hydroxylation is 1. The van der Waals surface area contributed by atoms with Crippen LogP contribution in [0.25, 0.3) is 11.1 Å². The van der Waals surface area contributed by atoms with Crippen molar-refractivity contribution in [2.24, 2.45) is 0 Å². The minimum absolute atomic E-state index is 0.0184. The average molecular weight is 1320 g/mol. The van der Waals surface area contributed by atoms with E-state index in [0.29, 0.717) is 131 Å². The van der Waals surface area contributed by atoms with Gasteiger partial charge >= 0.3 is 29.8 Å². The minimum atomic E-state index is -0.506. The standard InChI is InChI=1S/C34H28O6.C27H24O6.C21H22O4/c1-4-18-37-25-10-6-23(7-11-25)33(35)39-27-14-16-29-30-17-15-28(21-32(30)22(3)31(29)20-27)40-34(36)24-8-12-26(13-9-24)38-19-5-2;1-4-16-30-22-10-6-20(7-11-22)26(28)32-24-14-15-25(19(3)18-24)33-27(29)21-8-12-23(13-9-21)31-17-5-2;1-3-5-15-23-18-9-7-17(8-10-18)21(22)25-20-13-11-19(12-14-20)24-16-6-4-2/h4-17,20-22H,1-2,18-19H2,3H3;4-15,18H,1-2,16-17H2,3H3;3-4,7-14H,1-2,5-6,15-16H2. The molecule has 9 aromatic rings. The molecule has 0 N–H and O–H groups in total. The molecule has 0 saturated heterocycles. The van der Waals surface area contributed by atoms with Gasteiger partial charge < -0.3 is 52.1 Å². The van der Waals surface area contributed by atoms with Crippen molar-refractivity contribution in [3.05, 3.63) is 321 Å². The first-order valence-electron chi connectivity index (χ1n) is 31.2. The van der Waals surface area contributed by atoms with Gasteiger partial charge in [-0.15, -0.1) is 13.2 Å². The molecule has 9 aromatic carbocycles. The molecule has 0 aliphatic heterocycles. The number of carbonyl (C=O) groups is 5. The predicted octanol–water partition coefficient (Wildman–Crippen LogP) is 17.8. The largest absolute Gasteiger partial charge is 0.493 e. The summed E-state index contributed by atoms with van der Waals surface area (Å²) in [4.78, 5) is 62.5. The first kappa shape index (κ1) is 71.4. The highest BCUT2D eigenvalue weighted by atomic mass is 16.6. The summed E-state index contributed by atoms with van der Waals surface area (Å²) in [5.74, 6) is 3.78. The maximum absolute atomic E-state index is 12.7. The summed E-state index contributed by atoms with van der Waals surface area (Å²) in [6.07, 6.45) is 11.7. The molecule has 0 spiro atoms. The van der Waals surface area contributed by atoms with Crippen molar-refractivity contribution in [1.82, 2.24) is 0 Å². The monoisotopic (exact) mass is 1310 g/mol.